The van der Waals surface area contributed by atoms with Gasteiger partial charge in [0.1, 0.15) is 0 Å². The molecule has 0 saturated carbocycles. The predicted molar refractivity (Wildman–Crippen MR) is 76.5 cm³/mol. The van der Waals surface area contributed by atoms with Gasteiger partial charge in [-0.25, -0.2) is 0 Å². The number of rotatable bonds is 6. The molecule has 1 rings (SSSR count). The van der Waals surface area contributed by atoms with E-state index in [4.69, 9.17) is 4.74 Å². The van der Waals surface area contributed by atoms with Gasteiger partial charge in [-0.15, -0.1) is 0 Å². The van der Waals surface area contributed by atoms with Crippen molar-refractivity contribution in [1.29, 1.82) is 0 Å². The summed E-state index contributed by atoms with van der Waals surface area (Å²) in [6, 6.07) is 0. The van der Waals surface area contributed by atoms with Crippen LogP contribution in [0, 0.1) is 5.92 Å². The van der Waals surface area contributed by atoms with Gasteiger partial charge in [-0.05, 0) is 59.2 Å². The Kier molecular flexibility index (Phi) is 11.0. The van der Waals surface area contributed by atoms with E-state index in [0.717, 1.165) is 12.5 Å². The van der Waals surface area contributed by atoms with E-state index < -0.39 is 0 Å². The average Bonchev–Trinajstić information content (AvgIpc) is 2.33. The third-order valence-corrected chi connectivity index (χ3v) is 3.30. The summed E-state index contributed by atoms with van der Waals surface area (Å²) in [7, 11) is 2.23. The van der Waals surface area contributed by atoms with E-state index in [2.05, 4.69) is 25.8 Å². The van der Waals surface area contributed by atoms with Gasteiger partial charge in [-0.3, -0.25) is 0 Å². The quantitative estimate of drug-likeness (QED) is 0.655. The topological polar surface area (TPSA) is 12.5 Å². The molecule has 2 heteroatoms. The Bertz CT molecular complexity index is 151. The van der Waals surface area contributed by atoms with Crippen LogP contribution in [0.4, 0.5) is 0 Å². The number of nitrogens with zero attached hydrogens (tertiary/aromatic N) is 1. The average molecular weight is 243 g/mol. The molecule has 0 radical (unpaired) electrons. The van der Waals surface area contributed by atoms with Gasteiger partial charge in [0.2, 0.25) is 0 Å². The van der Waals surface area contributed by atoms with Crippen molar-refractivity contribution in [2.24, 2.45) is 5.92 Å². The lowest BCUT2D eigenvalue weighted by molar-refractivity contribution is 0.0744. The lowest BCUT2D eigenvalue weighted by atomic mass is 9.92. The maximum Gasteiger partial charge on any atom is 0.0518 e. The minimum atomic E-state index is 0.397. The molecule has 0 aromatic rings. The minimum absolute atomic E-state index is 0.397. The maximum absolute atomic E-state index is 5.54. The van der Waals surface area contributed by atoms with Crippen molar-refractivity contribution in [3.8, 4) is 0 Å². The first-order chi connectivity index (χ1) is 8.18. The van der Waals surface area contributed by atoms with Crippen molar-refractivity contribution in [2.75, 3.05) is 26.7 Å². The fourth-order valence-corrected chi connectivity index (χ4v) is 2.20. The number of ether oxygens (including phenoxy) is 1. The van der Waals surface area contributed by atoms with Crippen LogP contribution in [0.2, 0.25) is 0 Å². The van der Waals surface area contributed by atoms with E-state index in [9.17, 15) is 0 Å². The lowest BCUT2D eigenvalue weighted by Crippen LogP contribution is -2.30. The Labute approximate surface area is 109 Å². The molecule has 1 fully saturated rings. The monoisotopic (exact) mass is 243 g/mol. The van der Waals surface area contributed by atoms with Gasteiger partial charge in [-0.2, -0.15) is 0 Å². The van der Waals surface area contributed by atoms with Gasteiger partial charge in [-0.1, -0.05) is 26.7 Å². The van der Waals surface area contributed by atoms with Crippen LogP contribution in [0.25, 0.3) is 0 Å². The van der Waals surface area contributed by atoms with Gasteiger partial charge in [0.25, 0.3) is 0 Å². The summed E-state index contributed by atoms with van der Waals surface area (Å²) < 4.78 is 5.54. The van der Waals surface area contributed by atoms with Crippen LogP contribution in [-0.4, -0.2) is 37.7 Å². The summed E-state index contributed by atoms with van der Waals surface area (Å²) in [5, 5.41) is 0. The summed E-state index contributed by atoms with van der Waals surface area (Å²) in [6.07, 6.45) is 7.21. The number of unbranched alkanes of at least 4 members (excludes halogenated alkanes) is 1. The van der Waals surface area contributed by atoms with Crippen molar-refractivity contribution in [3.05, 3.63) is 0 Å². The Balaban J connectivity index is 0.00000121. The maximum atomic E-state index is 5.54. The van der Waals surface area contributed by atoms with E-state index in [-0.39, 0.29) is 0 Å². The first-order valence-corrected chi connectivity index (χ1v) is 7.48. The molecule has 0 aromatic heterocycles. The predicted octanol–water partition coefficient (Wildman–Crippen LogP) is 3.95. The van der Waals surface area contributed by atoms with Crippen LogP contribution in [0.15, 0.2) is 0 Å². The van der Waals surface area contributed by atoms with E-state index in [1.165, 1.54) is 45.2 Å². The van der Waals surface area contributed by atoms with Gasteiger partial charge in [0.05, 0.1) is 6.10 Å². The number of hydrogen-bond acceptors (Lipinski definition) is 2. The van der Waals surface area contributed by atoms with Gasteiger partial charge >= 0.3 is 0 Å². The number of likely N-dealkylation sites (tertiary alicyclic amines) is 1. The largest absolute Gasteiger partial charge is 0.379 e. The summed E-state index contributed by atoms with van der Waals surface area (Å²) in [5.74, 6) is 0.986. The van der Waals surface area contributed by atoms with E-state index in [1.807, 2.05) is 13.8 Å². The molecule has 1 aliphatic rings. The van der Waals surface area contributed by atoms with E-state index in [0.29, 0.717) is 6.10 Å². The zero-order chi connectivity index (χ0) is 13.1. The molecule has 0 aromatic carbocycles. The van der Waals surface area contributed by atoms with Crippen molar-refractivity contribution in [3.63, 3.8) is 0 Å². The first-order valence-electron chi connectivity index (χ1n) is 7.48. The standard InChI is InChI=1S/C13H27NO.C2H6/c1-12(2)15-11-5-4-6-13-7-9-14(3)10-8-13;1-2/h12-13H,4-11H2,1-3H3;1-2H3. The highest BCUT2D eigenvalue weighted by Crippen LogP contribution is 2.21. The molecule has 0 N–H and O–H groups in total. The summed E-state index contributed by atoms with van der Waals surface area (Å²) in [4.78, 5) is 2.44. The molecule has 104 valence electrons. The molecule has 1 heterocycles. The Morgan fingerprint density at radius 1 is 1.12 bits per heavy atom. The second-order valence-electron chi connectivity index (χ2n) is 5.16. The van der Waals surface area contributed by atoms with Crippen molar-refractivity contribution < 1.29 is 4.74 Å². The Morgan fingerprint density at radius 3 is 2.24 bits per heavy atom. The SMILES string of the molecule is CC.CC(C)OCCCCC1CCN(C)CC1. The molecule has 0 unspecified atom stereocenters. The molecule has 0 spiro atoms. The molecular formula is C15H33NO. The second-order valence-corrected chi connectivity index (χ2v) is 5.16. The molecule has 1 aliphatic heterocycles. The van der Waals surface area contributed by atoms with E-state index in [1.54, 1.807) is 0 Å². The zero-order valence-corrected chi connectivity index (χ0v) is 12.7. The van der Waals surface area contributed by atoms with Crippen LogP contribution in [0.3, 0.4) is 0 Å². The van der Waals surface area contributed by atoms with Crippen LogP contribution in [0.1, 0.15) is 59.8 Å². The molecule has 2 nitrogen and oxygen atoms in total. The van der Waals surface area contributed by atoms with Crippen molar-refractivity contribution in [2.45, 2.75) is 65.9 Å². The van der Waals surface area contributed by atoms with Crippen molar-refractivity contribution >= 4 is 0 Å². The second kappa shape index (κ2) is 11.0. The van der Waals surface area contributed by atoms with E-state index >= 15 is 0 Å². The van der Waals surface area contributed by atoms with Crippen LogP contribution in [0.5, 0.6) is 0 Å². The van der Waals surface area contributed by atoms with Gasteiger partial charge in [0.15, 0.2) is 0 Å². The fraction of sp³-hybridized carbons (Fsp3) is 1.00. The smallest absolute Gasteiger partial charge is 0.0518 e. The normalized spacial score (nSPS) is 18.0. The van der Waals surface area contributed by atoms with Crippen molar-refractivity contribution in [1.82, 2.24) is 4.90 Å². The summed E-state index contributed by atoms with van der Waals surface area (Å²) in [5.41, 5.74) is 0. The highest BCUT2D eigenvalue weighted by atomic mass is 16.5. The fourth-order valence-electron chi connectivity index (χ4n) is 2.20. The number of piperidine rings is 1. The van der Waals surface area contributed by atoms with Gasteiger partial charge in [0, 0.05) is 6.61 Å². The van der Waals surface area contributed by atoms with Crippen LogP contribution in [-0.2, 0) is 4.74 Å². The summed E-state index contributed by atoms with van der Waals surface area (Å²) in [6.45, 7) is 11.8. The van der Waals surface area contributed by atoms with Crippen LogP contribution >= 0.6 is 0 Å². The van der Waals surface area contributed by atoms with Gasteiger partial charge < -0.3 is 9.64 Å². The Morgan fingerprint density at radius 2 is 1.71 bits per heavy atom. The molecule has 0 amide bonds. The zero-order valence-electron chi connectivity index (χ0n) is 12.7. The molecule has 0 bridgehead atoms. The minimum Gasteiger partial charge on any atom is -0.379 e. The molecule has 1 saturated heterocycles. The molecule has 17 heavy (non-hydrogen) atoms. The molecule has 0 atom stereocenters. The first kappa shape index (κ1) is 16.9. The highest BCUT2D eigenvalue weighted by Gasteiger charge is 2.15. The molecule has 0 aliphatic carbocycles. The lowest BCUT2D eigenvalue weighted by Gasteiger charge is -2.28. The third kappa shape index (κ3) is 9.61. The molecular weight excluding hydrogens is 210 g/mol. The number of hydrogen-bond donors (Lipinski definition) is 0. The van der Waals surface area contributed by atoms with Crippen LogP contribution < -0.4 is 0 Å². The third-order valence-electron chi connectivity index (χ3n) is 3.30. The summed E-state index contributed by atoms with van der Waals surface area (Å²) >= 11 is 0. The highest BCUT2D eigenvalue weighted by molar-refractivity contribution is 4.69. The Hall–Kier alpha value is -0.0800.